The van der Waals surface area contributed by atoms with E-state index in [2.05, 4.69) is 20.2 Å². The molecule has 4 heteroatoms. The van der Waals surface area contributed by atoms with Gasteiger partial charge in [0.2, 0.25) is 5.95 Å². The molecule has 98 valence electrons. The number of hydrogen-bond acceptors (Lipinski definition) is 4. The third-order valence-corrected chi connectivity index (χ3v) is 4.08. The van der Waals surface area contributed by atoms with Gasteiger partial charge in [0.15, 0.2) is 0 Å². The highest BCUT2D eigenvalue weighted by Gasteiger charge is 2.24. The van der Waals surface area contributed by atoms with Crippen molar-refractivity contribution in [2.24, 2.45) is 0 Å². The summed E-state index contributed by atoms with van der Waals surface area (Å²) in [5, 5.41) is 3.82. The van der Waals surface area contributed by atoms with Crippen LogP contribution in [0.5, 0.6) is 0 Å². The van der Waals surface area contributed by atoms with Crippen LogP contribution in [0.3, 0.4) is 0 Å². The van der Waals surface area contributed by atoms with E-state index >= 15 is 0 Å². The third kappa shape index (κ3) is 2.80. The minimum atomic E-state index is 0.616. The fourth-order valence-corrected chi connectivity index (χ4v) is 3.18. The highest BCUT2D eigenvalue weighted by Crippen LogP contribution is 2.21. The van der Waals surface area contributed by atoms with Crippen molar-refractivity contribution in [2.45, 2.75) is 50.6 Å². The molecule has 1 aliphatic heterocycles. The zero-order valence-corrected chi connectivity index (χ0v) is 10.9. The molecule has 0 bridgehead atoms. The molecule has 2 aliphatic rings. The van der Waals surface area contributed by atoms with E-state index < -0.39 is 0 Å². The van der Waals surface area contributed by atoms with Gasteiger partial charge in [0.25, 0.3) is 0 Å². The summed E-state index contributed by atoms with van der Waals surface area (Å²) in [4.78, 5) is 11.0. The first kappa shape index (κ1) is 11.9. The number of anilines is 1. The van der Waals surface area contributed by atoms with Gasteiger partial charge in [-0.25, -0.2) is 9.97 Å². The second kappa shape index (κ2) is 5.65. The normalized spacial score (nSPS) is 25.6. The Hall–Kier alpha value is -1.16. The molecule has 1 saturated carbocycles. The van der Waals surface area contributed by atoms with Crippen LogP contribution in [0.4, 0.5) is 5.95 Å². The monoisotopic (exact) mass is 246 g/mol. The van der Waals surface area contributed by atoms with Gasteiger partial charge >= 0.3 is 0 Å². The van der Waals surface area contributed by atoms with Crippen molar-refractivity contribution < 1.29 is 0 Å². The smallest absolute Gasteiger partial charge is 0.225 e. The van der Waals surface area contributed by atoms with Crippen LogP contribution in [0.2, 0.25) is 0 Å². The van der Waals surface area contributed by atoms with Crippen LogP contribution in [-0.2, 0) is 0 Å². The van der Waals surface area contributed by atoms with Crippen LogP contribution >= 0.6 is 0 Å². The quantitative estimate of drug-likeness (QED) is 0.885. The Morgan fingerprint density at radius 1 is 1.00 bits per heavy atom. The van der Waals surface area contributed by atoms with Gasteiger partial charge in [0.1, 0.15) is 0 Å². The Balaban J connectivity index is 1.58. The van der Waals surface area contributed by atoms with Crippen LogP contribution in [0.15, 0.2) is 18.5 Å². The molecule has 0 unspecified atom stereocenters. The Bertz CT molecular complexity index is 361. The summed E-state index contributed by atoms with van der Waals surface area (Å²) in [5.41, 5.74) is 0. The molecule has 4 nitrogen and oxygen atoms in total. The number of nitrogens with one attached hydrogen (secondary N) is 1. The predicted octanol–water partition coefficient (Wildman–Crippen LogP) is 1.98. The van der Waals surface area contributed by atoms with Crippen molar-refractivity contribution >= 4 is 5.95 Å². The van der Waals surface area contributed by atoms with Gasteiger partial charge in [0.05, 0.1) is 0 Å². The van der Waals surface area contributed by atoms with E-state index in [-0.39, 0.29) is 0 Å². The van der Waals surface area contributed by atoms with Crippen LogP contribution in [0, 0.1) is 0 Å². The molecule has 0 radical (unpaired) electrons. The molecule has 1 saturated heterocycles. The predicted molar refractivity (Wildman–Crippen MR) is 72.7 cm³/mol. The van der Waals surface area contributed by atoms with Crippen molar-refractivity contribution in [1.82, 2.24) is 15.3 Å². The molecule has 18 heavy (non-hydrogen) atoms. The molecule has 1 aromatic rings. The highest BCUT2D eigenvalue weighted by atomic mass is 15.3. The van der Waals surface area contributed by atoms with Gasteiger partial charge in [-0.3, -0.25) is 0 Å². The maximum absolute atomic E-state index is 4.36. The fraction of sp³-hybridized carbons (Fsp3) is 0.714. The lowest BCUT2D eigenvalue weighted by atomic mass is 10.0. The van der Waals surface area contributed by atoms with Crippen molar-refractivity contribution in [3.63, 3.8) is 0 Å². The average molecular weight is 246 g/mol. The summed E-state index contributed by atoms with van der Waals surface area (Å²) in [6.07, 6.45) is 11.7. The number of rotatable bonds is 3. The van der Waals surface area contributed by atoms with Crippen molar-refractivity contribution in [1.29, 1.82) is 0 Å². The average Bonchev–Trinajstić information content (AvgIpc) is 2.93. The zero-order chi connectivity index (χ0) is 12.2. The molecule has 0 amide bonds. The molecule has 1 aliphatic carbocycles. The van der Waals surface area contributed by atoms with Gasteiger partial charge in [-0.15, -0.1) is 0 Å². The largest absolute Gasteiger partial charge is 0.339 e. The molecule has 2 heterocycles. The Morgan fingerprint density at radius 3 is 2.50 bits per heavy atom. The molecular formula is C14H22N4. The summed E-state index contributed by atoms with van der Waals surface area (Å²) in [5.74, 6) is 0.885. The number of nitrogens with zero attached hydrogens (tertiary/aromatic N) is 3. The van der Waals surface area contributed by atoms with Crippen molar-refractivity contribution in [2.75, 3.05) is 18.0 Å². The van der Waals surface area contributed by atoms with E-state index in [0.717, 1.165) is 25.1 Å². The van der Waals surface area contributed by atoms with Crippen LogP contribution in [0.25, 0.3) is 0 Å². The molecule has 3 rings (SSSR count). The SMILES string of the molecule is c1cnc(N2CCC[C@H](NC3CCCC3)C2)nc1. The summed E-state index contributed by atoms with van der Waals surface area (Å²) in [6, 6.07) is 3.25. The van der Waals surface area contributed by atoms with E-state index in [1.165, 1.54) is 38.5 Å². The van der Waals surface area contributed by atoms with E-state index in [9.17, 15) is 0 Å². The summed E-state index contributed by atoms with van der Waals surface area (Å²) in [6.45, 7) is 2.15. The lowest BCUT2D eigenvalue weighted by molar-refractivity contribution is 0.372. The maximum Gasteiger partial charge on any atom is 0.225 e. The van der Waals surface area contributed by atoms with E-state index in [4.69, 9.17) is 0 Å². The second-order valence-corrected chi connectivity index (χ2v) is 5.48. The maximum atomic E-state index is 4.36. The Kier molecular flexibility index (Phi) is 3.74. The fourth-order valence-electron chi connectivity index (χ4n) is 3.18. The number of aromatic nitrogens is 2. The van der Waals surface area contributed by atoms with E-state index in [1.54, 1.807) is 0 Å². The Labute approximate surface area is 109 Å². The number of hydrogen-bond donors (Lipinski definition) is 1. The molecular weight excluding hydrogens is 224 g/mol. The van der Waals surface area contributed by atoms with E-state index in [0.29, 0.717) is 6.04 Å². The second-order valence-electron chi connectivity index (χ2n) is 5.48. The van der Waals surface area contributed by atoms with Crippen molar-refractivity contribution in [3.05, 3.63) is 18.5 Å². The molecule has 1 N–H and O–H groups in total. The standard InChI is InChI=1S/C14H22N4/c1-2-6-12(5-1)17-13-7-3-10-18(11-13)14-15-8-4-9-16-14/h4,8-9,12-13,17H,1-3,5-7,10-11H2/t13-/m0/s1. The van der Waals surface area contributed by atoms with Gasteiger partial charge < -0.3 is 10.2 Å². The summed E-state index contributed by atoms with van der Waals surface area (Å²) >= 11 is 0. The topological polar surface area (TPSA) is 41.1 Å². The molecule has 0 aromatic carbocycles. The highest BCUT2D eigenvalue weighted by molar-refractivity contribution is 5.29. The van der Waals surface area contributed by atoms with Gasteiger partial charge in [0, 0.05) is 37.6 Å². The summed E-state index contributed by atoms with van der Waals surface area (Å²) < 4.78 is 0. The van der Waals surface area contributed by atoms with Crippen LogP contribution in [-0.4, -0.2) is 35.1 Å². The zero-order valence-electron chi connectivity index (χ0n) is 10.9. The minimum Gasteiger partial charge on any atom is -0.339 e. The van der Waals surface area contributed by atoms with E-state index in [1.807, 2.05) is 18.5 Å². The first-order valence-corrected chi connectivity index (χ1v) is 7.20. The first-order valence-electron chi connectivity index (χ1n) is 7.20. The molecule has 1 atom stereocenters. The third-order valence-electron chi connectivity index (χ3n) is 4.08. The van der Waals surface area contributed by atoms with Gasteiger partial charge in [-0.1, -0.05) is 12.8 Å². The van der Waals surface area contributed by atoms with Crippen LogP contribution < -0.4 is 10.2 Å². The lowest BCUT2D eigenvalue weighted by Gasteiger charge is -2.34. The van der Waals surface area contributed by atoms with Crippen LogP contribution in [0.1, 0.15) is 38.5 Å². The molecule has 0 spiro atoms. The van der Waals surface area contributed by atoms with Gasteiger partial charge in [-0.05, 0) is 31.7 Å². The Morgan fingerprint density at radius 2 is 1.72 bits per heavy atom. The summed E-state index contributed by atoms with van der Waals surface area (Å²) in [7, 11) is 0. The van der Waals surface area contributed by atoms with Crippen molar-refractivity contribution in [3.8, 4) is 0 Å². The molecule has 1 aromatic heterocycles. The molecule has 2 fully saturated rings. The van der Waals surface area contributed by atoms with Gasteiger partial charge in [-0.2, -0.15) is 0 Å². The number of piperidine rings is 1. The first-order chi connectivity index (χ1) is 8.92. The minimum absolute atomic E-state index is 0.616. The lowest BCUT2D eigenvalue weighted by Crippen LogP contribution is -2.49.